The van der Waals surface area contributed by atoms with Crippen LogP contribution in [0.2, 0.25) is 0 Å². The van der Waals surface area contributed by atoms with Crippen LogP contribution in [-0.2, 0) is 20.7 Å². The van der Waals surface area contributed by atoms with Crippen molar-refractivity contribution in [3.05, 3.63) is 54.2 Å². The predicted molar refractivity (Wildman–Crippen MR) is 122 cm³/mol. The first-order valence-corrected chi connectivity index (χ1v) is 10.9. The quantitative estimate of drug-likeness (QED) is 0.622. The molecule has 2 aliphatic rings. The normalized spacial score (nSPS) is 16.6. The third kappa shape index (κ3) is 4.32. The maximum atomic E-state index is 12.7. The van der Waals surface area contributed by atoms with E-state index in [9.17, 15) is 9.59 Å². The van der Waals surface area contributed by atoms with E-state index in [-0.39, 0.29) is 24.8 Å². The number of para-hydroxylation sites is 1. The van der Waals surface area contributed by atoms with Crippen molar-refractivity contribution in [3.8, 4) is 5.75 Å². The number of H-pyrrole nitrogens is 1. The first kappa shape index (κ1) is 20.5. The van der Waals surface area contributed by atoms with Gasteiger partial charge in [-0.25, -0.2) is 0 Å². The summed E-state index contributed by atoms with van der Waals surface area (Å²) < 4.78 is 11.0. The molecule has 0 spiro atoms. The largest absolute Gasteiger partial charge is 0.482 e. The summed E-state index contributed by atoms with van der Waals surface area (Å²) in [7, 11) is 0. The summed E-state index contributed by atoms with van der Waals surface area (Å²) in [6.45, 7) is 4.56. The number of benzene rings is 2. The number of morpholine rings is 1. The average Bonchev–Trinajstić information content (AvgIpc) is 3.22. The van der Waals surface area contributed by atoms with Gasteiger partial charge >= 0.3 is 0 Å². The molecule has 0 bridgehead atoms. The number of nitrogens with zero attached hydrogens (tertiary/aromatic N) is 2. The lowest BCUT2D eigenvalue weighted by Gasteiger charge is -2.33. The average molecular weight is 434 g/mol. The summed E-state index contributed by atoms with van der Waals surface area (Å²) in [5.41, 5.74) is 3.29. The fraction of sp³-hybridized carbons (Fsp3) is 0.333. The first-order valence-electron chi connectivity index (χ1n) is 10.9. The fourth-order valence-corrected chi connectivity index (χ4v) is 4.25. The van der Waals surface area contributed by atoms with Crippen LogP contribution >= 0.6 is 0 Å². The molecule has 8 heteroatoms. The zero-order chi connectivity index (χ0) is 21.9. The number of hydrogen-bond acceptors (Lipinski definition) is 5. The first-order chi connectivity index (χ1) is 15.7. The Morgan fingerprint density at radius 2 is 1.94 bits per heavy atom. The number of carbonyl (C=O) groups is 2. The van der Waals surface area contributed by atoms with Gasteiger partial charge in [0, 0.05) is 49.0 Å². The number of nitrogens with one attached hydrogen (secondary N) is 2. The zero-order valence-electron chi connectivity index (χ0n) is 17.8. The molecule has 3 heterocycles. The fourth-order valence-electron chi connectivity index (χ4n) is 4.25. The molecule has 2 amide bonds. The minimum atomic E-state index is -0.113. The third-order valence-electron chi connectivity index (χ3n) is 5.96. The van der Waals surface area contributed by atoms with Gasteiger partial charge in [0.25, 0.3) is 5.91 Å². The number of hydrogen-bond donors (Lipinski definition) is 2. The number of carbonyl (C=O) groups excluding carboxylic acids is 2. The van der Waals surface area contributed by atoms with Gasteiger partial charge in [-0.15, -0.1) is 0 Å². The van der Waals surface area contributed by atoms with E-state index in [0.29, 0.717) is 23.7 Å². The van der Waals surface area contributed by atoms with Crippen LogP contribution in [0.3, 0.4) is 0 Å². The summed E-state index contributed by atoms with van der Waals surface area (Å²) >= 11 is 0. The Bertz CT molecular complexity index is 1140. The number of amides is 2. The van der Waals surface area contributed by atoms with E-state index in [2.05, 4.69) is 15.2 Å². The van der Waals surface area contributed by atoms with Gasteiger partial charge in [-0.1, -0.05) is 18.2 Å². The van der Waals surface area contributed by atoms with Crippen molar-refractivity contribution >= 4 is 34.1 Å². The second kappa shape index (κ2) is 9.02. The smallest absolute Gasteiger partial charge is 0.265 e. The van der Waals surface area contributed by atoms with Gasteiger partial charge in [-0.05, 0) is 29.8 Å². The van der Waals surface area contributed by atoms with E-state index in [0.717, 1.165) is 49.3 Å². The number of aromatic nitrogens is 1. The van der Waals surface area contributed by atoms with Crippen LogP contribution in [0.1, 0.15) is 5.56 Å². The molecular formula is C24H26N4O4. The van der Waals surface area contributed by atoms with Gasteiger partial charge in [0.1, 0.15) is 5.75 Å². The molecular weight excluding hydrogens is 408 g/mol. The van der Waals surface area contributed by atoms with Crippen molar-refractivity contribution in [2.75, 3.05) is 56.2 Å². The van der Waals surface area contributed by atoms with Gasteiger partial charge in [-0.3, -0.25) is 14.5 Å². The van der Waals surface area contributed by atoms with Crippen molar-refractivity contribution in [2.24, 2.45) is 0 Å². The van der Waals surface area contributed by atoms with Crippen molar-refractivity contribution in [1.29, 1.82) is 0 Å². The molecule has 1 aromatic heterocycles. The van der Waals surface area contributed by atoms with Gasteiger partial charge in [0.15, 0.2) is 6.61 Å². The van der Waals surface area contributed by atoms with Crippen LogP contribution in [0.15, 0.2) is 48.7 Å². The molecule has 2 aliphatic heterocycles. The summed E-state index contributed by atoms with van der Waals surface area (Å²) in [4.78, 5) is 32.5. The van der Waals surface area contributed by atoms with Crippen LogP contribution in [0.4, 0.5) is 11.4 Å². The topological polar surface area (TPSA) is 86.9 Å². The maximum Gasteiger partial charge on any atom is 0.265 e. The highest BCUT2D eigenvalue weighted by molar-refractivity contribution is 6.00. The Hall–Kier alpha value is -3.36. The minimum Gasteiger partial charge on any atom is -0.482 e. The lowest BCUT2D eigenvalue weighted by Crippen LogP contribution is -2.45. The highest BCUT2D eigenvalue weighted by Crippen LogP contribution is 2.34. The summed E-state index contributed by atoms with van der Waals surface area (Å²) in [6.07, 6.45) is 2.13. The van der Waals surface area contributed by atoms with Gasteiger partial charge in [0.05, 0.1) is 25.3 Å². The predicted octanol–water partition coefficient (Wildman–Crippen LogP) is 2.41. The van der Waals surface area contributed by atoms with Gasteiger partial charge < -0.3 is 24.7 Å². The SMILES string of the molecule is O=C(Cc1c[nH]c2ccccc12)Nc1ccc2c(c1)N(CCN1CCOCC1)C(=O)CO2. The van der Waals surface area contributed by atoms with Crippen LogP contribution < -0.4 is 15.0 Å². The van der Waals surface area contributed by atoms with E-state index in [1.807, 2.05) is 48.7 Å². The van der Waals surface area contributed by atoms with Gasteiger partial charge in [-0.2, -0.15) is 0 Å². The van der Waals surface area contributed by atoms with Gasteiger partial charge in [0.2, 0.25) is 5.91 Å². The summed E-state index contributed by atoms with van der Waals surface area (Å²) in [5.74, 6) is 0.465. The van der Waals surface area contributed by atoms with E-state index in [4.69, 9.17) is 9.47 Å². The lowest BCUT2D eigenvalue weighted by molar-refractivity contribution is -0.121. The second-order valence-electron chi connectivity index (χ2n) is 8.06. The summed E-state index contributed by atoms with van der Waals surface area (Å²) in [6, 6.07) is 13.4. The van der Waals surface area contributed by atoms with E-state index in [1.165, 1.54) is 0 Å². The highest BCUT2D eigenvalue weighted by Gasteiger charge is 2.26. The molecule has 0 radical (unpaired) electrons. The molecule has 3 aromatic rings. The van der Waals surface area contributed by atoms with E-state index >= 15 is 0 Å². The van der Waals surface area contributed by atoms with Crippen LogP contribution in [0, 0.1) is 0 Å². The molecule has 32 heavy (non-hydrogen) atoms. The van der Waals surface area contributed by atoms with Crippen molar-refractivity contribution in [3.63, 3.8) is 0 Å². The van der Waals surface area contributed by atoms with Crippen molar-refractivity contribution in [1.82, 2.24) is 9.88 Å². The zero-order valence-corrected chi connectivity index (χ0v) is 17.8. The Morgan fingerprint density at radius 1 is 1.09 bits per heavy atom. The third-order valence-corrected chi connectivity index (χ3v) is 5.96. The molecule has 0 aliphatic carbocycles. The van der Waals surface area contributed by atoms with Crippen LogP contribution in [0.5, 0.6) is 5.75 Å². The monoisotopic (exact) mass is 434 g/mol. The summed E-state index contributed by atoms with van der Waals surface area (Å²) in [5, 5.41) is 4.01. The van der Waals surface area contributed by atoms with Crippen LogP contribution in [-0.4, -0.2) is 67.7 Å². The molecule has 166 valence electrons. The highest BCUT2D eigenvalue weighted by atomic mass is 16.5. The maximum absolute atomic E-state index is 12.7. The molecule has 2 aromatic carbocycles. The Kier molecular flexibility index (Phi) is 5.79. The molecule has 0 unspecified atom stereocenters. The number of anilines is 2. The Balaban J connectivity index is 1.28. The molecule has 0 atom stereocenters. The molecule has 0 saturated carbocycles. The molecule has 5 rings (SSSR count). The minimum absolute atomic E-state index is 0.0301. The molecule has 2 N–H and O–H groups in total. The molecule has 1 saturated heterocycles. The number of fused-ring (bicyclic) bond motifs is 2. The lowest BCUT2D eigenvalue weighted by atomic mass is 10.1. The number of ether oxygens (including phenoxy) is 2. The van der Waals surface area contributed by atoms with Crippen molar-refractivity contribution < 1.29 is 19.1 Å². The van der Waals surface area contributed by atoms with E-state index in [1.54, 1.807) is 4.90 Å². The molecule has 8 nitrogen and oxygen atoms in total. The number of aromatic amines is 1. The van der Waals surface area contributed by atoms with Crippen LogP contribution in [0.25, 0.3) is 10.9 Å². The second-order valence-corrected chi connectivity index (χ2v) is 8.06. The Morgan fingerprint density at radius 3 is 2.81 bits per heavy atom. The van der Waals surface area contributed by atoms with E-state index < -0.39 is 0 Å². The Labute approximate surface area is 186 Å². The molecule has 1 fully saturated rings. The standard InChI is InChI=1S/C24H26N4O4/c29-23(13-17-15-25-20-4-2-1-3-19(17)20)26-18-5-6-22-21(14-18)28(24(30)16-32-22)8-7-27-9-11-31-12-10-27/h1-6,14-15,25H,7-13,16H2,(H,26,29). The van der Waals surface area contributed by atoms with Crippen molar-refractivity contribution in [2.45, 2.75) is 6.42 Å². The number of rotatable bonds is 6.